The van der Waals surface area contributed by atoms with Crippen LogP contribution in [0.3, 0.4) is 0 Å². The van der Waals surface area contributed by atoms with Gasteiger partial charge in [0.1, 0.15) is 0 Å². The van der Waals surface area contributed by atoms with Gasteiger partial charge < -0.3 is 4.74 Å². The van der Waals surface area contributed by atoms with E-state index < -0.39 is 0 Å². The van der Waals surface area contributed by atoms with Crippen LogP contribution < -0.4 is 0 Å². The van der Waals surface area contributed by atoms with Gasteiger partial charge in [-0.25, -0.2) is 0 Å². The molecule has 1 aliphatic heterocycles. The summed E-state index contributed by atoms with van der Waals surface area (Å²) in [6.07, 6.45) is 3.79. The number of hydrogen-bond acceptors (Lipinski definition) is 1. The predicted molar refractivity (Wildman–Crippen MR) is 57.2 cm³/mol. The highest BCUT2D eigenvalue weighted by Gasteiger charge is 2.19. The molecule has 1 aliphatic rings. The highest BCUT2D eigenvalue weighted by atomic mass is 35.5. The maximum atomic E-state index is 5.27. The van der Waals surface area contributed by atoms with E-state index in [1.807, 2.05) is 6.92 Å². The molecule has 0 aliphatic carbocycles. The Morgan fingerprint density at radius 2 is 1.83 bits per heavy atom. The van der Waals surface area contributed by atoms with Crippen LogP contribution in [-0.2, 0) is 4.74 Å². The molecule has 1 saturated heterocycles. The molecule has 0 saturated carbocycles. The van der Waals surface area contributed by atoms with Crippen LogP contribution in [0, 0.1) is 0 Å². The number of halogens is 2. The monoisotopic (exact) mass is 210 g/mol. The Bertz CT molecular complexity index is 101. The van der Waals surface area contributed by atoms with E-state index in [4.69, 9.17) is 27.9 Å². The SMILES string of the molecule is C=CC.C=CCCl.ClCC1CO1. The molecular weight excluding hydrogens is 195 g/mol. The Balaban J connectivity index is 0. The number of epoxide rings is 1. The van der Waals surface area contributed by atoms with E-state index in [2.05, 4.69) is 13.2 Å². The summed E-state index contributed by atoms with van der Waals surface area (Å²) in [4.78, 5) is 0. The van der Waals surface area contributed by atoms with Gasteiger partial charge in [0.2, 0.25) is 0 Å². The lowest BCUT2D eigenvalue weighted by molar-refractivity contribution is 0.425. The molecule has 1 unspecified atom stereocenters. The van der Waals surface area contributed by atoms with Crippen LogP contribution in [0.25, 0.3) is 0 Å². The van der Waals surface area contributed by atoms with Gasteiger partial charge in [0.05, 0.1) is 18.6 Å². The average molecular weight is 211 g/mol. The Morgan fingerprint density at radius 1 is 1.50 bits per heavy atom. The van der Waals surface area contributed by atoms with Gasteiger partial charge in [0, 0.05) is 5.88 Å². The van der Waals surface area contributed by atoms with E-state index in [0.29, 0.717) is 17.9 Å². The maximum absolute atomic E-state index is 5.27. The molecule has 72 valence electrons. The van der Waals surface area contributed by atoms with Gasteiger partial charge in [0.25, 0.3) is 0 Å². The van der Waals surface area contributed by atoms with Gasteiger partial charge in [-0.15, -0.1) is 36.4 Å². The molecule has 0 aromatic heterocycles. The summed E-state index contributed by atoms with van der Waals surface area (Å²) in [5, 5.41) is 0. The van der Waals surface area contributed by atoms with Crippen LogP contribution in [-0.4, -0.2) is 24.5 Å². The van der Waals surface area contributed by atoms with Gasteiger partial charge in [-0.1, -0.05) is 12.2 Å². The quantitative estimate of drug-likeness (QED) is 0.388. The first-order valence-electron chi connectivity index (χ1n) is 3.68. The van der Waals surface area contributed by atoms with Crippen molar-refractivity contribution in [2.75, 3.05) is 18.4 Å². The minimum absolute atomic E-state index is 0.400. The highest BCUT2D eigenvalue weighted by molar-refractivity contribution is 6.18. The summed E-state index contributed by atoms with van der Waals surface area (Å²) in [5.41, 5.74) is 0. The molecular formula is C9H16Cl2O. The molecule has 1 fully saturated rings. The van der Waals surface area contributed by atoms with Crippen molar-refractivity contribution in [3.63, 3.8) is 0 Å². The van der Waals surface area contributed by atoms with Crippen molar-refractivity contribution in [1.29, 1.82) is 0 Å². The first-order valence-corrected chi connectivity index (χ1v) is 4.75. The van der Waals surface area contributed by atoms with Gasteiger partial charge in [-0.2, -0.15) is 0 Å². The molecule has 1 atom stereocenters. The summed E-state index contributed by atoms with van der Waals surface area (Å²) in [5.74, 6) is 1.22. The van der Waals surface area contributed by atoms with Crippen molar-refractivity contribution >= 4 is 23.2 Å². The Morgan fingerprint density at radius 3 is 1.83 bits per heavy atom. The van der Waals surface area contributed by atoms with Crippen LogP contribution in [0.15, 0.2) is 25.3 Å². The lowest BCUT2D eigenvalue weighted by Gasteiger charge is -1.67. The molecule has 1 nitrogen and oxygen atoms in total. The zero-order valence-electron chi connectivity index (χ0n) is 7.43. The molecule has 0 radical (unpaired) electrons. The van der Waals surface area contributed by atoms with Gasteiger partial charge in [-0.3, -0.25) is 0 Å². The smallest absolute Gasteiger partial charge is 0.0944 e. The standard InChI is InChI=1S/C3H5ClO.C3H5Cl.C3H6/c4-1-3-2-5-3;1-2-3-4;1-3-2/h3H,1-2H2;2H,1,3H2;3H,1H2,2H3. The van der Waals surface area contributed by atoms with Crippen molar-refractivity contribution < 1.29 is 4.74 Å². The molecule has 0 amide bonds. The molecule has 0 aromatic carbocycles. The van der Waals surface area contributed by atoms with Crippen molar-refractivity contribution in [3.8, 4) is 0 Å². The third-order valence-corrected chi connectivity index (χ3v) is 1.25. The third kappa shape index (κ3) is 22.5. The van der Waals surface area contributed by atoms with Crippen molar-refractivity contribution in [2.24, 2.45) is 0 Å². The molecule has 0 N–H and O–H groups in total. The predicted octanol–water partition coefficient (Wildman–Crippen LogP) is 3.23. The fraction of sp³-hybridized carbons (Fsp3) is 0.556. The van der Waals surface area contributed by atoms with E-state index in [9.17, 15) is 0 Å². The van der Waals surface area contributed by atoms with Crippen molar-refractivity contribution in [1.82, 2.24) is 0 Å². The second kappa shape index (κ2) is 13.6. The third-order valence-electron chi connectivity index (χ3n) is 0.684. The minimum Gasteiger partial charge on any atom is -0.372 e. The van der Waals surface area contributed by atoms with Crippen LogP contribution in [0.4, 0.5) is 0 Å². The maximum Gasteiger partial charge on any atom is 0.0944 e. The van der Waals surface area contributed by atoms with Crippen molar-refractivity contribution in [2.45, 2.75) is 13.0 Å². The van der Waals surface area contributed by atoms with E-state index in [0.717, 1.165) is 6.61 Å². The van der Waals surface area contributed by atoms with E-state index in [-0.39, 0.29) is 0 Å². The van der Waals surface area contributed by atoms with Crippen LogP contribution in [0.1, 0.15) is 6.92 Å². The number of alkyl halides is 2. The second-order valence-corrected chi connectivity index (χ2v) is 2.58. The first-order chi connectivity index (χ1) is 5.76. The Labute approximate surface area is 85.0 Å². The molecule has 0 aromatic rings. The normalized spacial score (nSPS) is 17.4. The van der Waals surface area contributed by atoms with E-state index in [1.54, 1.807) is 12.2 Å². The van der Waals surface area contributed by atoms with Gasteiger partial charge >= 0.3 is 0 Å². The molecule has 12 heavy (non-hydrogen) atoms. The molecule has 1 heterocycles. The number of rotatable bonds is 2. The highest BCUT2D eigenvalue weighted by Crippen LogP contribution is 2.08. The fourth-order valence-corrected chi connectivity index (χ4v) is 0.335. The van der Waals surface area contributed by atoms with E-state index in [1.165, 1.54) is 0 Å². The zero-order chi connectivity index (χ0) is 9.82. The van der Waals surface area contributed by atoms with Crippen LogP contribution >= 0.6 is 23.2 Å². The summed E-state index contributed by atoms with van der Waals surface area (Å²) >= 11 is 10.3. The van der Waals surface area contributed by atoms with Crippen LogP contribution in [0.5, 0.6) is 0 Å². The topological polar surface area (TPSA) is 12.5 Å². The number of ether oxygens (including phenoxy) is 1. The summed E-state index contributed by atoms with van der Waals surface area (Å²) in [7, 11) is 0. The summed E-state index contributed by atoms with van der Waals surface area (Å²) in [6.45, 7) is 9.48. The lowest BCUT2D eigenvalue weighted by Crippen LogP contribution is -1.80. The Kier molecular flexibility index (Phi) is 16.5. The fourth-order valence-electron chi connectivity index (χ4n) is 0.157. The molecule has 0 bridgehead atoms. The lowest BCUT2D eigenvalue weighted by atomic mass is 10.6. The second-order valence-electron chi connectivity index (χ2n) is 1.96. The molecule has 0 spiro atoms. The zero-order valence-corrected chi connectivity index (χ0v) is 8.94. The first kappa shape index (κ1) is 14.5. The minimum atomic E-state index is 0.400. The van der Waals surface area contributed by atoms with E-state index >= 15 is 0 Å². The Hall–Kier alpha value is 0.0200. The van der Waals surface area contributed by atoms with Crippen molar-refractivity contribution in [3.05, 3.63) is 25.3 Å². The number of hydrogen-bond donors (Lipinski definition) is 0. The van der Waals surface area contributed by atoms with Gasteiger partial charge in [0.15, 0.2) is 0 Å². The number of allylic oxidation sites excluding steroid dienone is 2. The summed E-state index contributed by atoms with van der Waals surface area (Å²) in [6, 6.07) is 0. The van der Waals surface area contributed by atoms with Crippen LogP contribution in [0.2, 0.25) is 0 Å². The largest absolute Gasteiger partial charge is 0.372 e. The average Bonchev–Trinajstić information content (AvgIpc) is 2.89. The molecule has 3 heteroatoms. The van der Waals surface area contributed by atoms with Gasteiger partial charge in [-0.05, 0) is 6.92 Å². The molecule has 1 rings (SSSR count). The summed E-state index contributed by atoms with van der Waals surface area (Å²) < 4.78 is 4.73.